The summed E-state index contributed by atoms with van der Waals surface area (Å²) < 4.78 is 47.4. The number of hydrogen-bond acceptors (Lipinski definition) is 7. The lowest BCUT2D eigenvalue weighted by Crippen LogP contribution is -2.57. The Morgan fingerprint density at radius 2 is 1.93 bits per heavy atom. The number of benzene rings is 1. The Morgan fingerprint density at radius 1 is 1.14 bits per heavy atom. The van der Waals surface area contributed by atoms with Gasteiger partial charge >= 0.3 is 12.1 Å². The summed E-state index contributed by atoms with van der Waals surface area (Å²) in [6.07, 6.45) is 6.77. The zero-order chi connectivity index (χ0) is 31.2. The van der Waals surface area contributed by atoms with E-state index in [1.807, 2.05) is 12.2 Å². The van der Waals surface area contributed by atoms with Gasteiger partial charge in [-0.15, -0.1) is 0 Å². The maximum atomic E-state index is 14.2. The van der Waals surface area contributed by atoms with Crippen LogP contribution in [0.4, 0.5) is 14.0 Å². The first-order valence-corrected chi connectivity index (χ1v) is 16.8. The maximum Gasteiger partial charge on any atom is 0.410 e. The summed E-state index contributed by atoms with van der Waals surface area (Å²) in [7, 11) is -2.20. The summed E-state index contributed by atoms with van der Waals surface area (Å²) in [5.74, 6) is -2.20. The molecule has 0 spiro atoms. The van der Waals surface area contributed by atoms with Crippen LogP contribution in [-0.4, -0.2) is 90.1 Å². The van der Waals surface area contributed by atoms with Crippen LogP contribution in [-0.2, 0) is 37.4 Å². The van der Waals surface area contributed by atoms with E-state index in [1.165, 1.54) is 20.8 Å². The minimum atomic E-state index is -3.85. The van der Waals surface area contributed by atoms with Gasteiger partial charge in [0.2, 0.25) is 15.9 Å². The Morgan fingerprint density at radius 3 is 2.68 bits per heavy atom. The summed E-state index contributed by atoms with van der Waals surface area (Å²) in [6, 6.07) is 3.20. The topological polar surface area (TPSA) is 145 Å². The molecule has 1 aromatic rings. The molecule has 2 aliphatic carbocycles. The molecule has 6 rings (SSSR count). The van der Waals surface area contributed by atoms with Crippen LogP contribution in [0, 0.1) is 11.7 Å². The summed E-state index contributed by atoms with van der Waals surface area (Å²) in [5, 5.41) is 2.19. The molecule has 0 bridgehead atoms. The number of allylic oxidation sites excluding steroid dienone is 1. The number of sulfonamides is 1. The largest absolute Gasteiger partial charge is 0.444 e. The Labute approximate surface area is 256 Å². The van der Waals surface area contributed by atoms with Gasteiger partial charge in [0, 0.05) is 38.0 Å². The van der Waals surface area contributed by atoms with Crippen molar-refractivity contribution in [1.29, 1.82) is 0 Å². The lowest BCUT2D eigenvalue weighted by molar-refractivity contribution is -0.131. The molecule has 3 heterocycles. The zero-order valence-corrected chi connectivity index (χ0v) is 25.5. The van der Waals surface area contributed by atoms with Gasteiger partial charge in [-0.25, -0.2) is 22.4 Å². The highest BCUT2D eigenvalue weighted by Crippen LogP contribution is 2.46. The SMILES string of the molecule is CN1CCCCC/C=C\[C@@H]2C[C@@]2(C(=O)NS(=O)(=O)C2CC2)NC(=O)[C@@H]2CC(OC(=O)N3Cc4cccc(F)c4C3)CN2C1=O. The van der Waals surface area contributed by atoms with E-state index in [1.54, 1.807) is 19.2 Å². The average Bonchev–Trinajstić information content (AvgIpc) is 3.86. The fraction of sp³-hybridized carbons (Fsp3) is 0.600. The second-order valence-electron chi connectivity index (χ2n) is 12.6. The van der Waals surface area contributed by atoms with Crippen molar-refractivity contribution < 1.29 is 36.7 Å². The van der Waals surface area contributed by atoms with Crippen LogP contribution in [0.25, 0.3) is 0 Å². The van der Waals surface area contributed by atoms with Crippen LogP contribution in [0.2, 0.25) is 0 Å². The van der Waals surface area contributed by atoms with E-state index in [0.29, 0.717) is 30.5 Å². The minimum absolute atomic E-state index is 0.00905. The van der Waals surface area contributed by atoms with Crippen molar-refractivity contribution in [2.75, 3.05) is 20.1 Å². The van der Waals surface area contributed by atoms with E-state index in [9.17, 15) is 32.0 Å². The molecule has 5 aliphatic rings. The molecule has 1 saturated heterocycles. The number of urea groups is 1. The van der Waals surface area contributed by atoms with E-state index in [4.69, 9.17) is 4.74 Å². The Kier molecular flexibility index (Phi) is 8.05. The summed E-state index contributed by atoms with van der Waals surface area (Å²) in [5.41, 5.74) is -0.339. The second kappa shape index (κ2) is 11.7. The molecule has 238 valence electrons. The predicted octanol–water partition coefficient (Wildman–Crippen LogP) is 2.39. The highest BCUT2D eigenvalue weighted by atomic mass is 32.2. The van der Waals surface area contributed by atoms with Crippen LogP contribution < -0.4 is 10.0 Å². The Bertz CT molecular complexity index is 1500. The Balaban J connectivity index is 1.20. The minimum Gasteiger partial charge on any atom is -0.444 e. The second-order valence-corrected chi connectivity index (χ2v) is 14.5. The van der Waals surface area contributed by atoms with E-state index in [-0.39, 0.29) is 32.5 Å². The first-order chi connectivity index (χ1) is 21.0. The third-order valence-electron chi connectivity index (χ3n) is 9.29. The van der Waals surface area contributed by atoms with Crippen LogP contribution in [0.1, 0.15) is 62.5 Å². The molecule has 0 radical (unpaired) electrons. The maximum absolute atomic E-state index is 14.2. The van der Waals surface area contributed by atoms with Gasteiger partial charge in [0.25, 0.3) is 5.91 Å². The van der Waals surface area contributed by atoms with Gasteiger partial charge < -0.3 is 19.9 Å². The molecule has 0 aromatic heterocycles. The first-order valence-electron chi connectivity index (χ1n) is 15.3. The molecule has 1 aromatic carbocycles. The number of nitrogens with one attached hydrogen (secondary N) is 2. The number of hydrogen-bond donors (Lipinski definition) is 2. The van der Waals surface area contributed by atoms with Crippen LogP contribution in [0.5, 0.6) is 0 Å². The molecule has 5 amide bonds. The van der Waals surface area contributed by atoms with Crippen molar-refractivity contribution in [1.82, 2.24) is 24.7 Å². The molecule has 1 unspecified atom stereocenters. The van der Waals surface area contributed by atoms with Gasteiger partial charge in [-0.3, -0.25) is 19.2 Å². The van der Waals surface area contributed by atoms with Crippen molar-refractivity contribution in [3.05, 3.63) is 47.3 Å². The lowest BCUT2D eigenvalue weighted by Gasteiger charge is -2.30. The average molecular weight is 632 g/mol. The molecule has 44 heavy (non-hydrogen) atoms. The van der Waals surface area contributed by atoms with E-state index in [2.05, 4.69) is 10.0 Å². The molecule has 12 nitrogen and oxygen atoms in total. The van der Waals surface area contributed by atoms with Gasteiger partial charge in [-0.1, -0.05) is 30.7 Å². The number of ether oxygens (including phenoxy) is 1. The fourth-order valence-electron chi connectivity index (χ4n) is 6.40. The predicted molar refractivity (Wildman–Crippen MR) is 156 cm³/mol. The number of fused-ring (bicyclic) bond motifs is 3. The lowest BCUT2D eigenvalue weighted by atomic mass is 10.1. The van der Waals surface area contributed by atoms with E-state index < -0.39 is 68.6 Å². The van der Waals surface area contributed by atoms with Crippen molar-refractivity contribution in [3.8, 4) is 0 Å². The molecule has 2 N–H and O–H groups in total. The van der Waals surface area contributed by atoms with Crippen molar-refractivity contribution in [2.45, 2.75) is 87.4 Å². The number of nitrogens with zero attached hydrogens (tertiary/aromatic N) is 3. The van der Waals surface area contributed by atoms with Gasteiger partial charge in [0.1, 0.15) is 23.5 Å². The van der Waals surface area contributed by atoms with E-state index in [0.717, 1.165) is 25.7 Å². The van der Waals surface area contributed by atoms with Gasteiger partial charge in [-0.2, -0.15) is 0 Å². The molecule has 4 atom stereocenters. The third kappa shape index (κ3) is 6.00. The summed E-state index contributed by atoms with van der Waals surface area (Å²) in [6.45, 7) is 0.674. The molecule has 3 aliphatic heterocycles. The molecular formula is C30H38FN5O7S. The molecule has 2 saturated carbocycles. The van der Waals surface area contributed by atoms with Crippen molar-refractivity contribution in [2.24, 2.45) is 5.92 Å². The highest BCUT2D eigenvalue weighted by Gasteiger charge is 2.62. The number of carbonyl (C=O) groups excluding carboxylic acids is 4. The molecule has 3 fully saturated rings. The Hall–Kier alpha value is -3.68. The highest BCUT2D eigenvalue weighted by molar-refractivity contribution is 7.91. The fourth-order valence-corrected chi connectivity index (χ4v) is 7.76. The number of amides is 5. The normalized spacial score (nSPS) is 29.9. The first kappa shape index (κ1) is 30.4. The van der Waals surface area contributed by atoms with Gasteiger partial charge in [0.15, 0.2) is 0 Å². The molecule has 14 heteroatoms. The van der Waals surface area contributed by atoms with E-state index >= 15 is 0 Å². The number of rotatable bonds is 4. The smallest absolute Gasteiger partial charge is 0.410 e. The quantitative estimate of drug-likeness (QED) is 0.486. The van der Waals surface area contributed by atoms with Crippen molar-refractivity contribution in [3.63, 3.8) is 0 Å². The standard InChI is InChI=1S/C30H38FN5O7S/c1-34-13-6-4-2-3-5-9-20-15-30(20,27(38)33-44(41,42)22-11-12-22)32-26(37)25-14-21(17-36(25)28(34)39)43-29(40)35-16-19-8-7-10-24(31)23(19)18-35/h5,7-10,20-22,25H,2-4,6,11-18H2,1H3,(H,32,37)(H,33,38)/b9-5-/t20-,21?,25+,30-/m1/s1. The monoisotopic (exact) mass is 631 g/mol. The molecular weight excluding hydrogens is 593 g/mol. The summed E-state index contributed by atoms with van der Waals surface area (Å²) in [4.78, 5) is 58.2. The van der Waals surface area contributed by atoms with Crippen LogP contribution in [0.15, 0.2) is 30.4 Å². The van der Waals surface area contributed by atoms with Crippen LogP contribution in [0.3, 0.4) is 0 Å². The number of carbonyl (C=O) groups is 4. The summed E-state index contributed by atoms with van der Waals surface area (Å²) >= 11 is 0. The van der Waals surface area contributed by atoms with Gasteiger partial charge in [-0.05, 0) is 50.2 Å². The number of halogens is 1. The third-order valence-corrected chi connectivity index (χ3v) is 11.1. The van der Waals surface area contributed by atoms with Crippen LogP contribution >= 0.6 is 0 Å². The van der Waals surface area contributed by atoms with Crippen molar-refractivity contribution >= 4 is 34.0 Å². The zero-order valence-electron chi connectivity index (χ0n) is 24.7. The van der Waals surface area contributed by atoms with Gasteiger partial charge in [0.05, 0.1) is 18.3 Å².